The molecule has 0 aromatic rings. The van der Waals surface area contributed by atoms with E-state index in [0.717, 1.165) is 24.7 Å². The van der Waals surface area contributed by atoms with Crippen LogP contribution in [0, 0.1) is 23.7 Å². The van der Waals surface area contributed by atoms with Gasteiger partial charge in [0.2, 0.25) is 0 Å². The van der Waals surface area contributed by atoms with Crippen LogP contribution >= 0.6 is 22.6 Å². The summed E-state index contributed by atoms with van der Waals surface area (Å²) >= 11 is 2.59. The van der Waals surface area contributed by atoms with E-state index in [1.807, 2.05) is 0 Å². The second-order valence-electron chi connectivity index (χ2n) is 6.61. The number of esters is 1. The third-order valence-corrected chi connectivity index (χ3v) is 7.43. The minimum Gasteiger partial charge on any atom is -0.497 e. The molecule has 0 N–H and O–H groups in total. The summed E-state index contributed by atoms with van der Waals surface area (Å²) in [6.45, 7) is 2.21. The van der Waals surface area contributed by atoms with Crippen molar-refractivity contribution in [3.8, 4) is 0 Å². The molecule has 7 unspecified atom stereocenters. The lowest BCUT2D eigenvalue weighted by atomic mass is 9.69. The molecule has 0 aromatic heterocycles. The van der Waals surface area contributed by atoms with E-state index in [0.29, 0.717) is 34.6 Å². The zero-order valence-electron chi connectivity index (χ0n) is 12.1. The molecule has 1 aliphatic heterocycles. The lowest BCUT2D eigenvalue weighted by Crippen LogP contribution is -2.44. The van der Waals surface area contributed by atoms with Crippen LogP contribution in [0.25, 0.3) is 0 Å². The molecule has 8 atom stereocenters. The minimum absolute atomic E-state index is 0.242. The molecule has 4 fully saturated rings. The number of ether oxygens (including phenoxy) is 3. The largest absolute Gasteiger partial charge is 0.497 e. The molecule has 4 rings (SSSR count). The van der Waals surface area contributed by atoms with Gasteiger partial charge >= 0.3 is 5.97 Å². The third kappa shape index (κ3) is 2.14. The van der Waals surface area contributed by atoms with Crippen molar-refractivity contribution in [1.29, 1.82) is 0 Å². The Labute approximate surface area is 138 Å². The summed E-state index contributed by atoms with van der Waals surface area (Å²) in [4.78, 5) is 11.3. The van der Waals surface area contributed by atoms with E-state index in [2.05, 4.69) is 22.6 Å². The highest BCUT2D eigenvalue weighted by atomic mass is 127. The highest BCUT2D eigenvalue weighted by Gasteiger charge is 2.67. The van der Waals surface area contributed by atoms with Crippen molar-refractivity contribution in [2.75, 3.05) is 6.61 Å². The third-order valence-electron chi connectivity index (χ3n) is 5.79. The number of alkyl halides is 1. The second kappa shape index (κ2) is 5.41. The van der Waals surface area contributed by atoms with Crippen molar-refractivity contribution in [1.82, 2.24) is 0 Å². The summed E-state index contributed by atoms with van der Waals surface area (Å²) in [5.74, 6) is 2.47. The molecular formula is C16H21IO4. The maximum Gasteiger partial charge on any atom is 0.333 e. The summed E-state index contributed by atoms with van der Waals surface area (Å²) in [6, 6.07) is 0. The van der Waals surface area contributed by atoms with E-state index >= 15 is 0 Å². The van der Waals surface area contributed by atoms with Crippen molar-refractivity contribution in [3.05, 3.63) is 12.3 Å². The van der Waals surface area contributed by atoms with Crippen molar-refractivity contribution >= 4 is 28.6 Å². The molecule has 0 spiro atoms. The second-order valence-corrected chi connectivity index (χ2v) is 8.05. The van der Waals surface area contributed by atoms with E-state index < -0.39 is 0 Å². The van der Waals surface area contributed by atoms with E-state index in [1.54, 1.807) is 13.2 Å². The Morgan fingerprint density at radius 1 is 1.33 bits per heavy atom. The van der Waals surface area contributed by atoms with Crippen LogP contribution in [0.2, 0.25) is 0 Å². The number of carbonyl (C=O) groups is 1. The molecule has 4 nitrogen and oxygen atoms in total. The maximum absolute atomic E-state index is 11.3. The fraction of sp³-hybridized carbons (Fsp3) is 0.812. The molecule has 0 amide bonds. The fourth-order valence-corrected chi connectivity index (χ4v) is 6.69. The molecule has 1 heterocycles. The van der Waals surface area contributed by atoms with Crippen molar-refractivity contribution < 1.29 is 19.0 Å². The van der Waals surface area contributed by atoms with Crippen LogP contribution < -0.4 is 0 Å². The first-order chi connectivity index (χ1) is 10.2. The highest BCUT2D eigenvalue weighted by molar-refractivity contribution is 14.1. The van der Waals surface area contributed by atoms with Crippen LogP contribution in [-0.4, -0.2) is 34.8 Å². The molecule has 1 saturated heterocycles. The van der Waals surface area contributed by atoms with Crippen LogP contribution in [0.1, 0.15) is 26.2 Å². The van der Waals surface area contributed by atoms with Crippen LogP contribution in [0.3, 0.4) is 0 Å². The maximum atomic E-state index is 11.3. The van der Waals surface area contributed by atoms with Gasteiger partial charge in [-0.3, -0.25) is 0 Å². The zero-order valence-corrected chi connectivity index (χ0v) is 14.3. The lowest BCUT2D eigenvalue weighted by Gasteiger charge is -2.40. The first-order valence-electron chi connectivity index (χ1n) is 7.99. The molecule has 4 aliphatic rings. The highest BCUT2D eigenvalue weighted by Crippen LogP contribution is 2.65. The molecule has 0 aromatic carbocycles. The SMILES string of the molecule is CCOC(=O)/C=C/O[C@H]1CCC2OC3C(I)C4CC3C2C41. The predicted molar refractivity (Wildman–Crippen MR) is 84.9 cm³/mol. The normalized spacial score (nSPS) is 49.8. The number of hydrogen-bond donors (Lipinski definition) is 0. The van der Waals surface area contributed by atoms with Crippen LogP contribution in [0.5, 0.6) is 0 Å². The first-order valence-corrected chi connectivity index (χ1v) is 9.23. The Bertz CT molecular complexity index is 465. The number of fused-ring (bicyclic) bond motifs is 2. The van der Waals surface area contributed by atoms with Gasteiger partial charge in [-0.1, -0.05) is 22.6 Å². The summed E-state index contributed by atoms with van der Waals surface area (Å²) in [6.07, 6.45) is 7.60. The van der Waals surface area contributed by atoms with Crippen molar-refractivity contribution in [3.63, 3.8) is 0 Å². The standard InChI is InChI=1S/C16H21IO4/c1-2-19-12(18)5-6-20-10-3-4-11-14-9-7-8(13(10)14)15(17)16(9)21-11/h5-6,8-11,13-16H,2-4,7H2,1H3/b6-5+/t8?,9?,10-,11?,13?,14?,15?,16?/m0/s1. The Hall–Kier alpha value is -0.300. The van der Waals surface area contributed by atoms with Crippen molar-refractivity contribution in [2.24, 2.45) is 23.7 Å². The smallest absolute Gasteiger partial charge is 0.333 e. The number of hydrogen-bond acceptors (Lipinski definition) is 4. The average Bonchev–Trinajstić information content (AvgIpc) is 3.08. The minimum atomic E-state index is -0.324. The van der Waals surface area contributed by atoms with E-state index in [9.17, 15) is 4.79 Å². The lowest BCUT2D eigenvalue weighted by molar-refractivity contribution is -0.137. The fourth-order valence-electron chi connectivity index (χ4n) is 5.22. The van der Waals surface area contributed by atoms with Gasteiger partial charge in [0.05, 0.1) is 31.2 Å². The van der Waals surface area contributed by atoms with Gasteiger partial charge in [0.15, 0.2) is 0 Å². The summed E-state index contributed by atoms with van der Waals surface area (Å²) < 4.78 is 17.7. The molecule has 5 heteroatoms. The zero-order chi connectivity index (χ0) is 14.6. The van der Waals surface area contributed by atoms with Crippen LogP contribution in [-0.2, 0) is 19.0 Å². The van der Waals surface area contributed by atoms with Gasteiger partial charge in [-0.15, -0.1) is 0 Å². The van der Waals surface area contributed by atoms with Gasteiger partial charge in [-0.25, -0.2) is 4.79 Å². The van der Waals surface area contributed by atoms with Crippen LogP contribution in [0.15, 0.2) is 12.3 Å². The Balaban J connectivity index is 1.45. The molecule has 3 saturated carbocycles. The summed E-state index contributed by atoms with van der Waals surface area (Å²) in [5, 5.41) is 0. The molecule has 116 valence electrons. The van der Waals surface area contributed by atoms with Crippen molar-refractivity contribution in [2.45, 2.75) is 48.4 Å². The average molecular weight is 404 g/mol. The number of carbonyl (C=O) groups excluding carboxylic acids is 1. The van der Waals surface area contributed by atoms with Gasteiger partial charge in [0.1, 0.15) is 6.10 Å². The summed E-state index contributed by atoms with van der Waals surface area (Å²) in [7, 11) is 0. The molecule has 2 bridgehead atoms. The van der Waals surface area contributed by atoms with Gasteiger partial charge in [0.25, 0.3) is 0 Å². The Kier molecular flexibility index (Phi) is 3.68. The molecule has 0 radical (unpaired) electrons. The van der Waals surface area contributed by atoms with Gasteiger partial charge in [-0.05, 0) is 43.9 Å². The van der Waals surface area contributed by atoms with E-state index in [1.165, 1.54) is 12.5 Å². The molecule has 3 aliphatic carbocycles. The molecular weight excluding hydrogens is 383 g/mol. The molecule has 21 heavy (non-hydrogen) atoms. The van der Waals surface area contributed by atoms with Gasteiger partial charge < -0.3 is 14.2 Å². The quantitative estimate of drug-likeness (QED) is 0.238. The summed E-state index contributed by atoms with van der Waals surface area (Å²) in [5.41, 5.74) is 0. The van der Waals surface area contributed by atoms with Gasteiger partial charge in [-0.2, -0.15) is 0 Å². The van der Waals surface area contributed by atoms with E-state index in [-0.39, 0.29) is 12.1 Å². The topological polar surface area (TPSA) is 44.8 Å². The first kappa shape index (κ1) is 14.3. The number of halogens is 1. The van der Waals surface area contributed by atoms with Crippen LogP contribution in [0.4, 0.5) is 0 Å². The monoisotopic (exact) mass is 404 g/mol. The van der Waals surface area contributed by atoms with Gasteiger partial charge in [0, 0.05) is 9.84 Å². The van der Waals surface area contributed by atoms with E-state index in [4.69, 9.17) is 14.2 Å². The predicted octanol–water partition coefficient (Wildman–Crippen LogP) is 2.70. The number of rotatable bonds is 4. The Morgan fingerprint density at radius 3 is 3.00 bits per heavy atom. The Morgan fingerprint density at radius 2 is 2.19 bits per heavy atom.